The molecule has 1 aromatic rings. The summed E-state index contributed by atoms with van der Waals surface area (Å²) in [5.41, 5.74) is -4.31. The van der Waals surface area contributed by atoms with Crippen molar-refractivity contribution in [1.29, 1.82) is 0 Å². The molecule has 2 N–H and O–H groups in total. The van der Waals surface area contributed by atoms with Gasteiger partial charge in [-0.3, -0.25) is 4.99 Å². The van der Waals surface area contributed by atoms with Crippen molar-refractivity contribution >= 4 is 16.0 Å². The molecule has 0 spiro atoms. The predicted molar refractivity (Wildman–Crippen MR) is 98.3 cm³/mol. The molecule has 0 amide bonds. The number of hydrogen-bond donors (Lipinski definition) is 2. The lowest BCUT2D eigenvalue weighted by molar-refractivity contribution is -0.0496. The van der Waals surface area contributed by atoms with Gasteiger partial charge >= 0.3 is 15.5 Å². The number of methoxy groups -OCH3 is 1. The van der Waals surface area contributed by atoms with Gasteiger partial charge in [0.2, 0.25) is 5.88 Å². The Balaban J connectivity index is 1.79. The smallest absolute Gasteiger partial charge is 0.481 e. The third kappa shape index (κ3) is 5.71. The first-order valence-corrected chi connectivity index (χ1v) is 10.1. The predicted octanol–water partition coefficient (Wildman–Crippen LogP) is 1.32. The van der Waals surface area contributed by atoms with E-state index in [1.165, 1.54) is 7.11 Å². The van der Waals surface area contributed by atoms with E-state index in [0.717, 1.165) is 5.56 Å². The summed E-state index contributed by atoms with van der Waals surface area (Å²) in [7, 11) is -2.10. The number of ether oxygens (including phenoxy) is 1. The van der Waals surface area contributed by atoms with Crippen LogP contribution in [0.2, 0.25) is 0 Å². The van der Waals surface area contributed by atoms with Crippen molar-refractivity contribution in [3.05, 3.63) is 23.9 Å². The minimum Gasteiger partial charge on any atom is -0.481 e. The Labute approximate surface area is 162 Å². The van der Waals surface area contributed by atoms with Gasteiger partial charge in [-0.25, -0.2) is 13.4 Å². The van der Waals surface area contributed by atoms with E-state index in [9.17, 15) is 21.6 Å². The fourth-order valence-corrected chi connectivity index (χ4v) is 3.80. The Bertz CT molecular complexity index is 778. The van der Waals surface area contributed by atoms with Crippen molar-refractivity contribution in [2.45, 2.75) is 24.9 Å². The van der Waals surface area contributed by atoms with Crippen LogP contribution in [0.3, 0.4) is 0 Å². The molecule has 8 nitrogen and oxygen atoms in total. The second-order valence-electron chi connectivity index (χ2n) is 6.31. The Hall–Kier alpha value is -2.08. The Morgan fingerprint density at radius 3 is 2.61 bits per heavy atom. The van der Waals surface area contributed by atoms with Crippen LogP contribution >= 0.6 is 0 Å². The number of pyridine rings is 1. The number of hydrogen-bond acceptors (Lipinski definition) is 5. The average molecular weight is 423 g/mol. The molecule has 0 atom stereocenters. The largest absolute Gasteiger partial charge is 0.511 e. The fourth-order valence-electron chi connectivity index (χ4n) is 2.82. The summed E-state index contributed by atoms with van der Waals surface area (Å²) >= 11 is 0. The zero-order valence-electron chi connectivity index (χ0n) is 15.7. The highest BCUT2D eigenvalue weighted by Gasteiger charge is 2.50. The molecule has 1 aromatic heterocycles. The van der Waals surface area contributed by atoms with Gasteiger partial charge in [0.25, 0.3) is 0 Å². The SMILES string of the molecule is CN=C(NCc1ccnc(OC)c1)NCC1CCN(S(=O)(=O)C(F)(F)F)CC1. The highest BCUT2D eigenvalue weighted by Crippen LogP contribution is 2.30. The number of aromatic nitrogens is 1. The van der Waals surface area contributed by atoms with Crippen LogP contribution in [0.1, 0.15) is 18.4 Å². The molecule has 1 fully saturated rings. The maximum atomic E-state index is 12.6. The van der Waals surface area contributed by atoms with Gasteiger partial charge in [0.1, 0.15) is 0 Å². The van der Waals surface area contributed by atoms with Crippen LogP contribution in [0.25, 0.3) is 0 Å². The monoisotopic (exact) mass is 423 g/mol. The number of guanidine groups is 1. The summed E-state index contributed by atoms with van der Waals surface area (Å²) < 4.78 is 66.3. The number of halogens is 3. The van der Waals surface area contributed by atoms with Gasteiger partial charge in [-0.15, -0.1) is 0 Å². The van der Waals surface area contributed by atoms with Gasteiger partial charge in [-0.2, -0.15) is 17.5 Å². The molecular formula is C16H24F3N5O3S. The van der Waals surface area contributed by atoms with Gasteiger partial charge < -0.3 is 15.4 Å². The minimum absolute atomic E-state index is 0.0549. The minimum atomic E-state index is -5.25. The maximum absolute atomic E-state index is 12.6. The van der Waals surface area contributed by atoms with Gasteiger partial charge in [0.05, 0.1) is 7.11 Å². The highest BCUT2D eigenvalue weighted by molar-refractivity contribution is 7.90. The zero-order chi connectivity index (χ0) is 20.8. The molecule has 1 saturated heterocycles. The van der Waals surface area contributed by atoms with Crippen molar-refractivity contribution in [1.82, 2.24) is 19.9 Å². The highest BCUT2D eigenvalue weighted by atomic mass is 32.2. The normalized spacial score (nSPS) is 17.4. The number of nitrogens with one attached hydrogen (secondary N) is 2. The van der Waals surface area contributed by atoms with Crippen LogP contribution in [-0.2, 0) is 16.6 Å². The summed E-state index contributed by atoms with van der Waals surface area (Å²) in [6.45, 7) is 0.689. The number of sulfonamides is 1. The third-order valence-corrected chi connectivity index (χ3v) is 6.09. The molecule has 2 rings (SSSR count). The molecule has 0 unspecified atom stereocenters. The average Bonchev–Trinajstić information content (AvgIpc) is 2.67. The number of alkyl halides is 3. The molecule has 1 aliphatic rings. The quantitative estimate of drug-likeness (QED) is 0.529. The van der Waals surface area contributed by atoms with Crippen LogP contribution in [-0.4, -0.2) is 63.0 Å². The van der Waals surface area contributed by atoms with Crippen LogP contribution in [0.4, 0.5) is 13.2 Å². The summed E-state index contributed by atoms with van der Waals surface area (Å²) in [4.78, 5) is 8.14. The first kappa shape index (κ1) is 22.2. The Kier molecular flexibility index (Phi) is 7.47. The van der Waals surface area contributed by atoms with Crippen LogP contribution in [0.15, 0.2) is 23.3 Å². The van der Waals surface area contributed by atoms with E-state index in [2.05, 4.69) is 20.6 Å². The first-order valence-electron chi connectivity index (χ1n) is 8.67. The van der Waals surface area contributed by atoms with Crippen LogP contribution in [0.5, 0.6) is 5.88 Å². The van der Waals surface area contributed by atoms with Crippen LogP contribution < -0.4 is 15.4 Å². The van der Waals surface area contributed by atoms with E-state index in [-0.39, 0.29) is 19.0 Å². The molecule has 158 valence electrons. The fraction of sp³-hybridized carbons (Fsp3) is 0.625. The lowest BCUT2D eigenvalue weighted by Gasteiger charge is -2.31. The van der Waals surface area contributed by atoms with Crippen molar-refractivity contribution < 1.29 is 26.3 Å². The zero-order valence-corrected chi connectivity index (χ0v) is 16.5. The van der Waals surface area contributed by atoms with Gasteiger partial charge in [0.15, 0.2) is 5.96 Å². The summed E-state index contributed by atoms with van der Waals surface area (Å²) in [6, 6.07) is 3.62. The second kappa shape index (κ2) is 9.41. The maximum Gasteiger partial charge on any atom is 0.511 e. The molecule has 2 heterocycles. The molecule has 0 radical (unpaired) electrons. The van der Waals surface area contributed by atoms with E-state index >= 15 is 0 Å². The van der Waals surface area contributed by atoms with Crippen molar-refractivity contribution in [2.24, 2.45) is 10.9 Å². The van der Waals surface area contributed by atoms with Gasteiger partial charge in [0, 0.05) is 45.5 Å². The summed E-state index contributed by atoms with van der Waals surface area (Å²) in [5, 5.41) is 6.25. The van der Waals surface area contributed by atoms with Crippen molar-refractivity contribution in [3.8, 4) is 5.88 Å². The number of rotatable bonds is 6. The number of aliphatic imine (C=N–C) groups is 1. The van der Waals surface area contributed by atoms with E-state index in [4.69, 9.17) is 4.74 Å². The molecule has 0 bridgehead atoms. The lowest BCUT2D eigenvalue weighted by Crippen LogP contribution is -2.47. The lowest BCUT2D eigenvalue weighted by atomic mass is 9.98. The standard InChI is InChI=1S/C16H24F3N5O3S/c1-20-15(23-11-13-3-6-21-14(9-13)27-2)22-10-12-4-7-24(8-5-12)28(25,26)16(17,18)19/h3,6,9,12H,4-5,7-8,10-11H2,1-2H3,(H2,20,22,23). The number of piperidine rings is 1. The molecule has 12 heteroatoms. The van der Waals surface area contributed by atoms with E-state index < -0.39 is 15.5 Å². The topological polar surface area (TPSA) is 95.9 Å². The van der Waals surface area contributed by atoms with E-state index in [0.29, 0.717) is 42.1 Å². The van der Waals surface area contributed by atoms with Crippen molar-refractivity contribution in [3.63, 3.8) is 0 Å². The molecule has 0 aliphatic carbocycles. The van der Waals surface area contributed by atoms with Gasteiger partial charge in [-0.1, -0.05) is 0 Å². The van der Waals surface area contributed by atoms with E-state index in [1.54, 1.807) is 19.3 Å². The molecule has 0 saturated carbocycles. The summed E-state index contributed by atoms with van der Waals surface area (Å²) in [5.74, 6) is 1.10. The molecular weight excluding hydrogens is 399 g/mol. The summed E-state index contributed by atoms with van der Waals surface area (Å²) in [6.07, 6.45) is 2.33. The van der Waals surface area contributed by atoms with E-state index in [1.807, 2.05) is 6.07 Å². The van der Waals surface area contributed by atoms with Crippen LogP contribution in [0, 0.1) is 5.92 Å². The second-order valence-corrected chi connectivity index (χ2v) is 8.24. The Morgan fingerprint density at radius 1 is 1.36 bits per heavy atom. The number of nitrogens with zero attached hydrogens (tertiary/aromatic N) is 3. The molecule has 0 aromatic carbocycles. The first-order chi connectivity index (χ1) is 13.2. The third-order valence-electron chi connectivity index (χ3n) is 4.46. The Morgan fingerprint density at radius 2 is 2.04 bits per heavy atom. The molecule has 1 aliphatic heterocycles. The van der Waals surface area contributed by atoms with Gasteiger partial charge in [-0.05, 0) is 30.4 Å². The molecule has 28 heavy (non-hydrogen) atoms. The van der Waals surface area contributed by atoms with Crippen molar-refractivity contribution in [2.75, 3.05) is 33.8 Å².